The summed E-state index contributed by atoms with van der Waals surface area (Å²) in [5, 5.41) is 4.46. The molecule has 4 rings (SSSR count). The van der Waals surface area contributed by atoms with Crippen LogP contribution in [0.4, 0.5) is 5.69 Å². The van der Waals surface area contributed by atoms with Gasteiger partial charge in [-0.15, -0.1) is 0 Å². The monoisotopic (exact) mass is 312 g/mol. The third-order valence-corrected chi connectivity index (χ3v) is 4.14. The van der Waals surface area contributed by atoms with Crippen molar-refractivity contribution in [2.75, 3.05) is 7.11 Å². The molecule has 0 radical (unpaired) electrons. The van der Waals surface area contributed by atoms with E-state index in [1.807, 2.05) is 54.9 Å². The summed E-state index contributed by atoms with van der Waals surface area (Å²) in [6, 6.07) is 20.3. The maximum absolute atomic E-state index is 5.53. The molecule has 0 aliphatic heterocycles. The molecule has 0 bridgehead atoms. The van der Waals surface area contributed by atoms with Crippen LogP contribution in [-0.4, -0.2) is 18.3 Å². The van der Waals surface area contributed by atoms with Crippen LogP contribution in [-0.2, 0) is 0 Å². The molecule has 0 saturated heterocycles. The highest BCUT2D eigenvalue weighted by molar-refractivity contribution is 6.04. The van der Waals surface area contributed by atoms with E-state index in [1.165, 1.54) is 5.39 Å². The number of pyridine rings is 1. The second kappa shape index (κ2) is 6.13. The third-order valence-electron chi connectivity index (χ3n) is 4.14. The molecule has 0 atom stereocenters. The van der Waals surface area contributed by atoms with Gasteiger partial charge in [-0.1, -0.05) is 42.5 Å². The van der Waals surface area contributed by atoms with E-state index < -0.39 is 0 Å². The van der Waals surface area contributed by atoms with Gasteiger partial charge in [0.25, 0.3) is 0 Å². The number of aromatic nitrogens is 1. The quantitative estimate of drug-likeness (QED) is 0.490. The van der Waals surface area contributed by atoms with Crippen molar-refractivity contribution < 1.29 is 4.74 Å². The molecule has 24 heavy (non-hydrogen) atoms. The molecule has 0 amide bonds. The maximum atomic E-state index is 5.53. The zero-order valence-corrected chi connectivity index (χ0v) is 13.3. The van der Waals surface area contributed by atoms with Crippen molar-refractivity contribution in [3.05, 3.63) is 78.6 Å². The van der Waals surface area contributed by atoms with Crippen molar-refractivity contribution in [2.45, 2.75) is 0 Å². The molecule has 116 valence electrons. The van der Waals surface area contributed by atoms with E-state index in [9.17, 15) is 0 Å². The summed E-state index contributed by atoms with van der Waals surface area (Å²) >= 11 is 0. The van der Waals surface area contributed by atoms with Gasteiger partial charge < -0.3 is 4.74 Å². The molecule has 3 aromatic carbocycles. The van der Waals surface area contributed by atoms with Crippen LogP contribution in [0.25, 0.3) is 21.5 Å². The standard InChI is InChI=1S/C21H16N2O/c1-24-21-10-9-15-5-2-3-7-17(15)19(21)14-23-20-8-4-6-16-13-22-12-11-18(16)20/h2-14H,1H3. The number of fused-ring (bicyclic) bond motifs is 2. The van der Waals surface area contributed by atoms with Gasteiger partial charge in [-0.3, -0.25) is 9.98 Å². The number of hydrogen-bond donors (Lipinski definition) is 0. The average Bonchev–Trinajstić information content (AvgIpc) is 2.66. The minimum Gasteiger partial charge on any atom is -0.496 e. The highest BCUT2D eigenvalue weighted by atomic mass is 16.5. The summed E-state index contributed by atoms with van der Waals surface area (Å²) in [5.41, 5.74) is 1.91. The number of nitrogens with zero attached hydrogens (tertiary/aromatic N) is 2. The van der Waals surface area contributed by atoms with E-state index in [2.05, 4.69) is 23.2 Å². The lowest BCUT2D eigenvalue weighted by molar-refractivity contribution is 0.415. The zero-order valence-electron chi connectivity index (χ0n) is 13.3. The number of methoxy groups -OCH3 is 1. The van der Waals surface area contributed by atoms with Crippen LogP contribution in [0, 0.1) is 0 Å². The molecular weight excluding hydrogens is 296 g/mol. The minimum absolute atomic E-state index is 0.819. The highest BCUT2D eigenvalue weighted by Gasteiger charge is 2.06. The smallest absolute Gasteiger partial charge is 0.128 e. The molecular formula is C21H16N2O. The molecule has 0 N–H and O–H groups in total. The summed E-state index contributed by atoms with van der Waals surface area (Å²) in [6.45, 7) is 0. The summed E-state index contributed by atoms with van der Waals surface area (Å²) in [5.74, 6) is 0.819. The van der Waals surface area contributed by atoms with Gasteiger partial charge in [0.15, 0.2) is 0 Å². The molecule has 4 aromatic rings. The molecule has 0 spiro atoms. The fraction of sp³-hybridized carbons (Fsp3) is 0.0476. The number of benzene rings is 3. The van der Waals surface area contributed by atoms with Gasteiger partial charge in [0.1, 0.15) is 5.75 Å². The van der Waals surface area contributed by atoms with Crippen molar-refractivity contribution in [1.82, 2.24) is 4.98 Å². The fourth-order valence-electron chi connectivity index (χ4n) is 2.94. The SMILES string of the molecule is COc1ccc2ccccc2c1C=Nc1cccc2cnccc12. The number of rotatable bonds is 3. The topological polar surface area (TPSA) is 34.5 Å². The van der Waals surface area contributed by atoms with Gasteiger partial charge in [-0.25, -0.2) is 0 Å². The Hall–Kier alpha value is -3.20. The van der Waals surface area contributed by atoms with Gasteiger partial charge in [-0.2, -0.15) is 0 Å². The summed E-state index contributed by atoms with van der Waals surface area (Å²) in [7, 11) is 1.69. The average molecular weight is 312 g/mol. The van der Waals surface area contributed by atoms with Crippen LogP contribution in [0.5, 0.6) is 5.75 Å². The first kappa shape index (κ1) is 14.4. The Morgan fingerprint density at radius 2 is 1.75 bits per heavy atom. The van der Waals surface area contributed by atoms with Crippen LogP contribution >= 0.6 is 0 Å². The Morgan fingerprint density at radius 3 is 2.67 bits per heavy atom. The van der Waals surface area contributed by atoms with E-state index in [-0.39, 0.29) is 0 Å². The Balaban J connectivity index is 1.88. The molecule has 1 aromatic heterocycles. The Bertz CT molecular complexity index is 1050. The lowest BCUT2D eigenvalue weighted by Gasteiger charge is -2.08. The van der Waals surface area contributed by atoms with Crippen molar-refractivity contribution >= 4 is 33.4 Å². The van der Waals surface area contributed by atoms with Crippen LogP contribution in [0.3, 0.4) is 0 Å². The normalized spacial score (nSPS) is 11.4. The second-order valence-electron chi connectivity index (χ2n) is 5.53. The van der Waals surface area contributed by atoms with Gasteiger partial charge in [-0.05, 0) is 29.0 Å². The molecule has 1 heterocycles. The van der Waals surface area contributed by atoms with Crippen molar-refractivity contribution in [1.29, 1.82) is 0 Å². The van der Waals surface area contributed by atoms with Crippen molar-refractivity contribution in [3.63, 3.8) is 0 Å². The van der Waals surface area contributed by atoms with Gasteiger partial charge >= 0.3 is 0 Å². The summed E-state index contributed by atoms with van der Waals surface area (Å²) in [6.07, 6.45) is 5.53. The van der Waals surface area contributed by atoms with Crippen LogP contribution in [0.15, 0.2) is 78.0 Å². The van der Waals surface area contributed by atoms with Gasteiger partial charge in [0.2, 0.25) is 0 Å². The number of aliphatic imine (C=N–C) groups is 1. The summed E-state index contributed by atoms with van der Waals surface area (Å²) < 4.78 is 5.53. The predicted octanol–water partition coefficient (Wildman–Crippen LogP) is 5.15. The second-order valence-corrected chi connectivity index (χ2v) is 5.53. The summed E-state index contributed by atoms with van der Waals surface area (Å²) in [4.78, 5) is 8.90. The van der Waals surface area contributed by atoms with E-state index in [0.717, 1.165) is 33.2 Å². The molecule has 3 heteroatoms. The Morgan fingerprint density at radius 1 is 0.875 bits per heavy atom. The lowest BCUT2D eigenvalue weighted by atomic mass is 10.0. The van der Waals surface area contributed by atoms with E-state index in [0.29, 0.717) is 0 Å². The minimum atomic E-state index is 0.819. The third kappa shape index (κ3) is 2.50. The Labute approximate surface area is 140 Å². The van der Waals surface area contributed by atoms with Crippen LogP contribution in [0.1, 0.15) is 5.56 Å². The molecule has 0 fully saturated rings. The number of hydrogen-bond acceptors (Lipinski definition) is 3. The fourth-order valence-corrected chi connectivity index (χ4v) is 2.94. The first-order chi connectivity index (χ1) is 11.9. The molecule has 0 saturated carbocycles. The molecule has 0 unspecified atom stereocenters. The van der Waals surface area contributed by atoms with Crippen molar-refractivity contribution in [2.24, 2.45) is 4.99 Å². The van der Waals surface area contributed by atoms with Gasteiger partial charge in [0.05, 0.1) is 12.8 Å². The lowest BCUT2D eigenvalue weighted by Crippen LogP contribution is -1.92. The first-order valence-electron chi connectivity index (χ1n) is 7.79. The van der Waals surface area contributed by atoms with Crippen LogP contribution in [0.2, 0.25) is 0 Å². The van der Waals surface area contributed by atoms with E-state index >= 15 is 0 Å². The zero-order chi connectivity index (χ0) is 16.4. The van der Waals surface area contributed by atoms with Gasteiger partial charge in [0, 0.05) is 34.9 Å². The predicted molar refractivity (Wildman–Crippen MR) is 99.5 cm³/mol. The maximum Gasteiger partial charge on any atom is 0.128 e. The van der Waals surface area contributed by atoms with Crippen LogP contribution < -0.4 is 4.74 Å². The first-order valence-corrected chi connectivity index (χ1v) is 7.79. The molecule has 0 aliphatic carbocycles. The molecule has 0 aliphatic rings. The van der Waals surface area contributed by atoms with E-state index in [4.69, 9.17) is 9.73 Å². The Kier molecular flexibility index (Phi) is 3.67. The highest BCUT2D eigenvalue weighted by Crippen LogP contribution is 2.29. The van der Waals surface area contributed by atoms with Crippen molar-refractivity contribution in [3.8, 4) is 5.75 Å². The molecule has 3 nitrogen and oxygen atoms in total. The largest absolute Gasteiger partial charge is 0.496 e. The van der Waals surface area contributed by atoms with E-state index in [1.54, 1.807) is 13.3 Å². The number of ether oxygens (including phenoxy) is 1.